The van der Waals surface area contributed by atoms with Crippen LogP contribution in [0.2, 0.25) is 0 Å². The molecule has 28 heavy (non-hydrogen) atoms. The number of methoxy groups -OCH3 is 1. The molecular weight excluding hydrogens is 370 g/mol. The molecule has 0 unspecified atom stereocenters. The molecule has 0 bridgehead atoms. The Balaban J connectivity index is 2.98. The highest BCUT2D eigenvalue weighted by atomic mass is 16.6. The van der Waals surface area contributed by atoms with Crippen LogP contribution in [0, 0.1) is 0 Å². The van der Waals surface area contributed by atoms with Gasteiger partial charge in [-0.3, -0.25) is 0 Å². The van der Waals surface area contributed by atoms with Gasteiger partial charge in [-0.1, -0.05) is 0 Å². The Hall–Kier alpha value is -0.360. The zero-order valence-electron chi connectivity index (χ0n) is 18.0. The topological polar surface area (TPSA) is 77.1 Å². The summed E-state index contributed by atoms with van der Waals surface area (Å²) < 4.78 is 42.6. The monoisotopic (exact) mass is 411 g/mol. The third kappa shape index (κ3) is 25.6. The summed E-state index contributed by atoms with van der Waals surface area (Å²) >= 11 is 0. The fraction of sp³-hybridized carbons (Fsp3) is 1.00. The highest BCUT2D eigenvalue weighted by Crippen LogP contribution is 1.85. The number of ether oxygens (including phenoxy) is 8. The summed E-state index contributed by atoms with van der Waals surface area (Å²) in [6.45, 7) is 9.61. The summed E-state index contributed by atoms with van der Waals surface area (Å²) in [6, 6.07) is 0. The molecule has 0 saturated heterocycles. The molecule has 9 heteroatoms. The lowest BCUT2D eigenvalue weighted by atomic mass is 10.6. The number of hydrogen-bond acceptors (Lipinski definition) is 9. The Morgan fingerprint density at radius 3 is 0.893 bits per heavy atom. The van der Waals surface area contributed by atoms with Crippen molar-refractivity contribution in [3.8, 4) is 0 Å². The lowest BCUT2D eigenvalue weighted by Gasteiger charge is -2.10. The second-order valence-corrected chi connectivity index (χ2v) is 6.08. The van der Waals surface area contributed by atoms with Gasteiger partial charge < -0.3 is 42.8 Å². The van der Waals surface area contributed by atoms with E-state index in [9.17, 15) is 0 Å². The van der Waals surface area contributed by atoms with E-state index in [1.807, 2.05) is 14.1 Å². The Kier molecular flexibility index (Phi) is 24.4. The zero-order valence-corrected chi connectivity index (χ0v) is 18.0. The fourth-order valence-corrected chi connectivity index (χ4v) is 1.81. The second kappa shape index (κ2) is 24.7. The summed E-state index contributed by atoms with van der Waals surface area (Å²) in [5, 5.41) is 0. The quantitative estimate of drug-likeness (QED) is 0.209. The number of hydrogen-bond donors (Lipinski definition) is 0. The van der Waals surface area contributed by atoms with Crippen LogP contribution in [0.25, 0.3) is 0 Å². The average Bonchev–Trinajstić information content (AvgIpc) is 2.68. The molecule has 0 aromatic heterocycles. The van der Waals surface area contributed by atoms with Gasteiger partial charge in [-0.05, 0) is 14.1 Å². The van der Waals surface area contributed by atoms with E-state index in [0.717, 1.165) is 13.2 Å². The minimum absolute atomic E-state index is 0.546. The number of rotatable bonds is 24. The van der Waals surface area contributed by atoms with Crippen LogP contribution >= 0.6 is 0 Å². The lowest BCUT2D eigenvalue weighted by Crippen LogP contribution is -2.19. The van der Waals surface area contributed by atoms with Crippen LogP contribution in [-0.2, 0) is 37.9 Å². The molecule has 0 heterocycles. The molecule has 0 N–H and O–H groups in total. The minimum atomic E-state index is 0.546. The highest BCUT2D eigenvalue weighted by Gasteiger charge is 1.95. The first kappa shape index (κ1) is 27.6. The SMILES string of the molecule is COCCOCCOCCOCCOCCOCCOCCOCCN(C)C. The maximum atomic E-state index is 5.42. The summed E-state index contributed by atoms with van der Waals surface area (Å²) in [7, 11) is 5.69. The van der Waals surface area contributed by atoms with Crippen molar-refractivity contribution >= 4 is 0 Å². The maximum Gasteiger partial charge on any atom is 0.0701 e. The van der Waals surface area contributed by atoms with Crippen LogP contribution in [0.1, 0.15) is 0 Å². The molecule has 0 aliphatic heterocycles. The van der Waals surface area contributed by atoms with Gasteiger partial charge in [0.2, 0.25) is 0 Å². The van der Waals surface area contributed by atoms with Crippen molar-refractivity contribution < 1.29 is 37.9 Å². The van der Waals surface area contributed by atoms with Crippen molar-refractivity contribution in [1.29, 1.82) is 0 Å². The van der Waals surface area contributed by atoms with Gasteiger partial charge in [-0.15, -0.1) is 0 Å². The molecule has 0 atom stereocenters. The molecular formula is C19H41NO8. The van der Waals surface area contributed by atoms with Crippen molar-refractivity contribution in [2.75, 3.05) is 127 Å². The van der Waals surface area contributed by atoms with Gasteiger partial charge in [0, 0.05) is 13.7 Å². The molecule has 0 saturated carbocycles. The van der Waals surface area contributed by atoms with E-state index in [-0.39, 0.29) is 0 Å². The predicted molar refractivity (Wildman–Crippen MR) is 106 cm³/mol. The van der Waals surface area contributed by atoms with E-state index in [1.54, 1.807) is 7.11 Å². The van der Waals surface area contributed by atoms with Gasteiger partial charge in [0.05, 0.1) is 99.1 Å². The highest BCUT2D eigenvalue weighted by molar-refractivity contribution is 4.40. The molecule has 0 amide bonds. The van der Waals surface area contributed by atoms with Gasteiger partial charge in [-0.25, -0.2) is 0 Å². The molecule has 9 nitrogen and oxygen atoms in total. The first-order valence-corrected chi connectivity index (χ1v) is 9.95. The van der Waals surface area contributed by atoms with E-state index in [4.69, 9.17) is 37.9 Å². The second-order valence-electron chi connectivity index (χ2n) is 6.08. The summed E-state index contributed by atoms with van der Waals surface area (Å²) in [5.41, 5.74) is 0. The predicted octanol–water partition coefficient (Wildman–Crippen LogP) is 0.311. The Labute approximate surface area is 170 Å². The summed E-state index contributed by atoms with van der Waals surface area (Å²) in [6.07, 6.45) is 0. The smallest absolute Gasteiger partial charge is 0.0701 e. The fourth-order valence-electron chi connectivity index (χ4n) is 1.81. The molecule has 0 fully saturated rings. The van der Waals surface area contributed by atoms with Crippen LogP contribution in [0.3, 0.4) is 0 Å². The molecule has 0 aromatic carbocycles. The van der Waals surface area contributed by atoms with Gasteiger partial charge in [0.15, 0.2) is 0 Å². The minimum Gasteiger partial charge on any atom is -0.382 e. The van der Waals surface area contributed by atoms with Crippen molar-refractivity contribution in [2.45, 2.75) is 0 Å². The normalized spacial score (nSPS) is 11.6. The molecule has 0 radical (unpaired) electrons. The summed E-state index contributed by atoms with van der Waals surface area (Å²) in [5.74, 6) is 0. The third-order valence-electron chi connectivity index (χ3n) is 3.35. The lowest BCUT2D eigenvalue weighted by molar-refractivity contribution is -0.0223. The van der Waals surface area contributed by atoms with Crippen molar-refractivity contribution in [3.63, 3.8) is 0 Å². The van der Waals surface area contributed by atoms with Crippen molar-refractivity contribution in [3.05, 3.63) is 0 Å². The Bertz CT molecular complexity index is 285. The third-order valence-corrected chi connectivity index (χ3v) is 3.35. The van der Waals surface area contributed by atoms with Crippen LogP contribution in [0.5, 0.6) is 0 Å². The molecule has 0 aliphatic carbocycles. The van der Waals surface area contributed by atoms with E-state index >= 15 is 0 Å². The van der Waals surface area contributed by atoms with E-state index < -0.39 is 0 Å². The van der Waals surface area contributed by atoms with Gasteiger partial charge in [-0.2, -0.15) is 0 Å². The Morgan fingerprint density at radius 1 is 0.393 bits per heavy atom. The molecule has 0 rings (SSSR count). The standard InChI is InChI=1S/C19H41NO8/c1-20(2)4-5-22-8-9-24-12-13-26-16-17-28-19-18-27-15-14-25-11-10-23-7-6-21-3/h4-19H2,1-3H3. The van der Waals surface area contributed by atoms with E-state index in [2.05, 4.69) is 4.90 Å². The van der Waals surface area contributed by atoms with Crippen LogP contribution in [0.4, 0.5) is 0 Å². The van der Waals surface area contributed by atoms with Crippen LogP contribution in [-0.4, -0.2) is 132 Å². The van der Waals surface area contributed by atoms with Crippen LogP contribution in [0.15, 0.2) is 0 Å². The van der Waals surface area contributed by atoms with Gasteiger partial charge in [0.25, 0.3) is 0 Å². The van der Waals surface area contributed by atoms with E-state index in [0.29, 0.717) is 92.5 Å². The first-order chi connectivity index (χ1) is 13.8. The van der Waals surface area contributed by atoms with Crippen LogP contribution < -0.4 is 0 Å². The molecule has 0 aliphatic rings. The molecule has 170 valence electrons. The van der Waals surface area contributed by atoms with Gasteiger partial charge >= 0.3 is 0 Å². The number of nitrogens with zero attached hydrogens (tertiary/aromatic N) is 1. The first-order valence-electron chi connectivity index (χ1n) is 9.95. The Morgan fingerprint density at radius 2 is 0.643 bits per heavy atom. The molecule has 0 aromatic rings. The van der Waals surface area contributed by atoms with E-state index in [1.165, 1.54) is 0 Å². The summed E-state index contributed by atoms with van der Waals surface area (Å²) in [4.78, 5) is 2.08. The maximum absolute atomic E-state index is 5.42. The van der Waals surface area contributed by atoms with Crippen molar-refractivity contribution in [1.82, 2.24) is 4.90 Å². The zero-order chi connectivity index (χ0) is 20.5. The van der Waals surface area contributed by atoms with Gasteiger partial charge in [0.1, 0.15) is 0 Å². The molecule has 0 spiro atoms. The van der Waals surface area contributed by atoms with Crippen molar-refractivity contribution in [2.24, 2.45) is 0 Å². The average molecular weight is 412 g/mol. The number of likely N-dealkylation sites (N-methyl/N-ethyl adjacent to an activating group) is 1. The largest absolute Gasteiger partial charge is 0.382 e.